The highest BCUT2D eigenvalue weighted by molar-refractivity contribution is 5.76. The Morgan fingerprint density at radius 1 is 1.60 bits per heavy atom. The van der Waals surface area contributed by atoms with Crippen molar-refractivity contribution in [1.29, 1.82) is 0 Å². The number of aromatic nitrogens is 1. The average molecular weight is 208 g/mol. The zero-order chi connectivity index (χ0) is 11.3. The van der Waals surface area contributed by atoms with Crippen molar-refractivity contribution in [1.82, 2.24) is 9.88 Å². The molecule has 0 aliphatic heterocycles. The van der Waals surface area contributed by atoms with Gasteiger partial charge in [-0.25, -0.2) is 4.98 Å². The van der Waals surface area contributed by atoms with E-state index in [0.29, 0.717) is 18.8 Å². The quantitative estimate of drug-likeness (QED) is 0.758. The van der Waals surface area contributed by atoms with Crippen LogP contribution in [0.5, 0.6) is 0 Å². The summed E-state index contributed by atoms with van der Waals surface area (Å²) in [5, 5.41) is 3.10. The van der Waals surface area contributed by atoms with E-state index in [1.165, 1.54) is 0 Å². The van der Waals surface area contributed by atoms with Crippen LogP contribution in [-0.2, 0) is 4.79 Å². The number of rotatable bonds is 4. The van der Waals surface area contributed by atoms with E-state index in [-0.39, 0.29) is 5.91 Å². The molecule has 0 aliphatic carbocycles. The van der Waals surface area contributed by atoms with E-state index in [0.717, 1.165) is 5.69 Å². The number of anilines is 2. The first-order chi connectivity index (χ1) is 7.09. The Bertz CT molecular complexity index is 338. The van der Waals surface area contributed by atoms with Gasteiger partial charge in [0.2, 0.25) is 5.91 Å². The lowest BCUT2D eigenvalue weighted by Crippen LogP contribution is -2.23. The zero-order valence-corrected chi connectivity index (χ0v) is 9.03. The van der Waals surface area contributed by atoms with Crippen LogP contribution in [0.15, 0.2) is 18.3 Å². The molecule has 0 spiro atoms. The molecule has 5 nitrogen and oxygen atoms in total. The first kappa shape index (κ1) is 11.3. The fourth-order valence-electron chi connectivity index (χ4n) is 1.10. The van der Waals surface area contributed by atoms with Crippen molar-refractivity contribution in [3.8, 4) is 0 Å². The standard InChI is InChI=1S/C10H16N4O/c1-14(2)10(15)4-6-12-8-3-5-13-9(11)7-8/h3,5,7H,4,6H2,1-2H3,(H3,11,12,13). The minimum atomic E-state index is 0.101. The molecule has 1 aromatic heterocycles. The fraction of sp³-hybridized carbons (Fsp3) is 0.400. The van der Waals surface area contributed by atoms with Crippen molar-refractivity contribution in [3.05, 3.63) is 18.3 Å². The van der Waals surface area contributed by atoms with Crippen LogP contribution in [0, 0.1) is 0 Å². The Labute approximate surface area is 89.3 Å². The number of pyridine rings is 1. The van der Waals surface area contributed by atoms with Gasteiger partial charge in [-0.3, -0.25) is 4.79 Å². The first-order valence-corrected chi connectivity index (χ1v) is 4.75. The molecule has 0 saturated heterocycles. The van der Waals surface area contributed by atoms with Crippen LogP contribution in [0.4, 0.5) is 11.5 Å². The van der Waals surface area contributed by atoms with Crippen molar-refractivity contribution in [2.75, 3.05) is 31.7 Å². The van der Waals surface area contributed by atoms with E-state index >= 15 is 0 Å². The Balaban J connectivity index is 2.35. The molecule has 82 valence electrons. The molecular weight excluding hydrogens is 192 g/mol. The van der Waals surface area contributed by atoms with Gasteiger partial charge in [0, 0.05) is 45.0 Å². The summed E-state index contributed by atoms with van der Waals surface area (Å²) >= 11 is 0. The predicted octanol–water partition coefficient (Wildman–Crippen LogP) is 0.554. The van der Waals surface area contributed by atoms with Gasteiger partial charge in [-0.2, -0.15) is 0 Å². The average Bonchev–Trinajstić information content (AvgIpc) is 2.17. The Hall–Kier alpha value is -1.78. The Kier molecular flexibility index (Phi) is 3.91. The van der Waals surface area contributed by atoms with Gasteiger partial charge in [0.1, 0.15) is 5.82 Å². The lowest BCUT2D eigenvalue weighted by atomic mass is 10.3. The molecule has 5 heteroatoms. The van der Waals surface area contributed by atoms with Crippen LogP contribution in [0.1, 0.15) is 6.42 Å². The van der Waals surface area contributed by atoms with Crippen molar-refractivity contribution in [2.24, 2.45) is 0 Å². The van der Waals surface area contributed by atoms with Crippen LogP contribution in [0.2, 0.25) is 0 Å². The first-order valence-electron chi connectivity index (χ1n) is 4.75. The number of carbonyl (C=O) groups excluding carboxylic acids is 1. The summed E-state index contributed by atoms with van der Waals surface area (Å²) in [5.74, 6) is 0.573. The highest BCUT2D eigenvalue weighted by Gasteiger charge is 2.02. The van der Waals surface area contributed by atoms with Crippen molar-refractivity contribution >= 4 is 17.4 Å². The van der Waals surface area contributed by atoms with E-state index in [4.69, 9.17) is 5.73 Å². The summed E-state index contributed by atoms with van der Waals surface area (Å²) in [6, 6.07) is 3.55. The lowest BCUT2D eigenvalue weighted by Gasteiger charge is -2.11. The van der Waals surface area contributed by atoms with Gasteiger partial charge in [0.05, 0.1) is 0 Å². The summed E-state index contributed by atoms with van der Waals surface area (Å²) in [6.07, 6.45) is 2.10. The molecule has 3 N–H and O–H groups in total. The van der Waals surface area contributed by atoms with Crippen LogP contribution in [0.25, 0.3) is 0 Å². The fourth-order valence-corrected chi connectivity index (χ4v) is 1.10. The van der Waals surface area contributed by atoms with Crippen LogP contribution in [0.3, 0.4) is 0 Å². The monoisotopic (exact) mass is 208 g/mol. The molecule has 1 rings (SSSR count). The maximum atomic E-state index is 11.2. The normalized spacial score (nSPS) is 9.73. The van der Waals surface area contributed by atoms with E-state index in [9.17, 15) is 4.79 Å². The molecule has 1 amide bonds. The van der Waals surface area contributed by atoms with E-state index in [2.05, 4.69) is 10.3 Å². The van der Waals surface area contributed by atoms with E-state index < -0.39 is 0 Å². The number of nitrogens with two attached hydrogens (primary N) is 1. The zero-order valence-electron chi connectivity index (χ0n) is 9.03. The molecule has 0 bridgehead atoms. The second-order valence-corrected chi connectivity index (χ2v) is 3.43. The van der Waals surface area contributed by atoms with Gasteiger partial charge >= 0.3 is 0 Å². The SMILES string of the molecule is CN(C)C(=O)CCNc1ccnc(N)c1. The van der Waals surface area contributed by atoms with Gasteiger partial charge in [-0.15, -0.1) is 0 Å². The van der Waals surface area contributed by atoms with E-state index in [1.54, 1.807) is 31.3 Å². The summed E-state index contributed by atoms with van der Waals surface area (Å²) < 4.78 is 0. The Morgan fingerprint density at radius 2 is 2.33 bits per heavy atom. The summed E-state index contributed by atoms with van der Waals surface area (Å²) in [6.45, 7) is 0.598. The van der Waals surface area contributed by atoms with Crippen LogP contribution < -0.4 is 11.1 Å². The molecule has 0 unspecified atom stereocenters. The third-order valence-corrected chi connectivity index (χ3v) is 1.95. The van der Waals surface area contributed by atoms with Crippen molar-refractivity contribution in [3.63, 3.8) is 0 Å². The number of hydrogen-bond acceptors (Lipinski definition) is 4. The highest BCUT2D eigenvalue weighted by atomic mass is 16.2. The number of nitrogens with zero attached hydrogens (tertiary/aromatic N) is 2. The molecule has 1 heterocycles. The van der Waals surface area contributed by atoms with Crippen molar-refractivity contribution in [2.45, 2.75) is 6.42 Å². The predicted molar refractivity (Wildman–Crippen MR) is 60.5 cm³/mol. The third-order valence-electron chi connectivity index (χ3n) is 1.95. The van der Waals surface area contributed by atoms with Gasteiger partial charge in [-0.05, 0) is 6.07 Å². The van der Waals surface area contributed by atoms with Crippen LogP contribution >= 0.6 is 0 Å². The molecular formula is C10H16N4O. The third kappa shape index (κ3) is 3.84. The summed E-state index contributed by atoms with van der Waals surface area (Å²) in [4.78, 5) is 16.7. The number of nitrogen functional groups attached to an aromatic ring is 1. The molecule has 0 fully saturated rings. The number of carbonyl (C=O) groups is 1. The largest absolute Gasteiger partial charge is 0.384 e. The minimum Gasteiger partial charge on any atom is -0.384 e. The van der Waals surface area contributed by atoms with Crippen molar-refractivity contribution < 1.29 is 4.79 Å². The number of hydrogen-bond donors (Lipinski definition) is 2. The molecule has 0 aliphatic rings. The lowest BCUT2D eigenvalue weighted by molar-refractivity contribution is -0.128. The second kappa shape index (κ2) is 5.19. The molecule has 0 saturated carbocycles. The highest BCUT2D eigenvalue weighted by Crippen LogP contribution is 2.08. The summed E-state index contributed by atoms with van der Waals surface area (Å²) in [5.41, 5.74) is 6.40. The maximum Gasteiger partial charge on any atom is 0.223 e. The van der Waals surface area contributed by atoms with Gasteiger partial charge < -0.3 is 16.0 Å². The Morgan fingerprint density at radius 3 is 2.93 bits per heavy atom. The number of amides is 1. The molecule has 0 atom stereocenters. The second-order valence-electron chi connectivity index (χ2n) is 3.43. The maximum absolute atomic E-state index is 11.2. The van der Waals surface area contributed by atoms with Gasteiger partial charge in [-0.1, -0.05) is 0 Å². The molecule has 0 radical (unpaired) electrons. The number of nitrogens with one attached hydrogen (secondary N) is 1. The van der Waals surface area contributed by atoms with Gasteiger partial charge in [0.15, 0.2) is 0 Å². The topological polar surface area (TPSA) is 71.2 Å². The smallest absolute Gasteiger partial charge is 0.223 e. The minimum absolute atomic E-state index is 0.101. The van der Waals surface area contributed by atoms with E-state index in [1.807, 2.05) is 6.07 Å². The van der Waals surface area contributed by atoms with Crippen LogP contribution in [-0.4, -0.2) is 36.4 Å². The summed E-state index contributed by atoms with van der Waals surface area (Å²) in [7, 11) is 3.49. The molecule has 15 heavy (non-hydrogen) atoms. The molecule has 1 aromatic rings. The molecule has 0 aromatic carbocycles. The van der Waals surface area contributed by atoms with Gasteiger partial charge in [0.25, 0.3) is 0 Å².